The second-order valence-corrected chi connectivity index (χ2v) is 14.9. The van der Waals surface area contributed by atoms with Gasteiger partial charge in [0.05, 0.1) is 39.2 Å². The van der Waals surface area contributed by atoms with Crippen LogP contribution in [0.5, 0.6) is 0 Å². The molecule has 272 valence electrons. The number of hydrogen-bond donors (Lipinski definition) is 1. The van der Waals surface area contributed by atoms with Gasteiger partial charge < -0.3 is 9.88 Å². The maximum atomic E-state index is 5.31. The molecule has 0 saturated carbocycles. The van der Waals surface area contributed by atoms with Crippen LogP contribution in [-0.4, -0.2) is 32.1 Å². The molecule has 6 aromatic carbocycles. The molecule has 1 atom stereocenters. The molecule has 0 radical (unpaired) electrons. The first-order chi connectivity index (χ1) is 28.2. The average Bonchev–Trinajstić information content (AvgIpc) is 3.83. The maximum absolute atomic E-state index is 5.31. The number of para-hydroxylation sites is 2. The predicted molar refractivity (Wildman–Crippen MR) is 236 cm³/mol. The fraction of sp³-hybridized carbons (Fsp3) is 0.0408. The molecule has 0 bridgehead atoms. The Morgan fingerprint density at radius 1 is 0.667 bits per heavy atom. The van der Waals surface area contributed by atoms with E-state index in [0.717, 1.165) is 71.8 Å². The molecule has 0 saturated heterocycles. The molecule has 10 rings (SSSR count). The number of rotatable bonds is 9. The van der Waals surface area contributed by atoms with Crippen molar-refractivity contribution in [2.24, 2.45) is 9.98 Å². The van der Waals surface area contributed by atoms with Crippen molar-refractivity contribution in [2.75, 3.05) is 0 Å². The van der Waals surface area contributed by atoms with Crippen molar-refractivity contribution < 1.29 is 0 Å². The Morgan fingerprint density at radius 3 is 2.12 bits per heavy atom. The van der Waals surface area contributed by atoms with Crippen molar-refractivity contribution in [1.29, 1.82) is 0 Å². The van der Waals surface area contributed by atoms with Crippen LogP contribution in [0.15, 0.2) is 186 Å². The van der Waals surface area contributed by atoms with Crippen LogP contribution in [0, 0.1) is 0 Å². The van der Waals surface area contributed by atoms with E-state index < -0.39 is 0 Å². The number of nitrogens with zero attached hydrogens (tertiary/aromatic N) is 6. The molecule has 7 nitrogen and oxygen atoms in total. The summed E-state index contributed by atoms with van der Waals surface area (Å²) in [5, 5.41) is 7.01. The molecule has 4 heterocycles. The summed E-state index contributed by atoms with van der Waals surface area (Å²) in [4.78, 5) is 24.9. The van der Waals surface area contributed by atoms with Gasteiger partial charge in [-0.2, -0.15) is 0 Å². The van der Waals surface area contributed by atoms with Crippen molar-refractivity contribution in [1.82, 2.24) is 24.8 Å². The summed E-state index contributed by atoms with van der Waals surface area (Å²) in [7, 11) is 0. The highest BCUT2D eigenvalue weighted by molar-refractivity contribution is 7.26. The Balaban J connectivity index is 1.05. The zero-order valence-corrected chi connectivity index (χ0v) is 31.6. The lowest BCUT2D eigenvalue weighted by Gasteiger charge is -2.18. The van der Waals surface area contributed by atoms with Crippen LogP contribution in [0.4, 0.5) is 0 Å². The summed E-state index contributed by atoms with van der Waals surface area (Å²) >= 11 is 1.71. The highest BCUT2D eigenvalue weighted by atomic mass is 32.1. The van der Waals surface area contributed by atoms with Gasteiger partial charge in [-0.25, -0.2) is 9.97 Å². The van der Waals surface area contributed by atoms with E-state index in [2.05, 4.69) is 125 Å². The lowest BCUT2D eigenvalue weighted by Crippen LogP contribution is -2.28. The topological polar surface area (TPSA) is 80.4 Å². The first kappa shape index (κ1) is 34.2. The molecule has 0 aliphatic carbocycles. The molecule has 4 aromatic heterocycles. The Kier molecular flexibility index (Phi) is 8.85. The van der Waals surface area contributed by atoms with Gasteiger partial charge in [0.1, 0.15) is 12.0 Å². The van der Waals surface area contributed by atoms with Crippen molar-refractivity contribution in [3.8, 4) is 28.3 Å². The van der Waals surface area contributed by atoms with Crippen LogP contribution in [-0.2, 0) is 6.54 Å². The molecular weight excluding hydrogens is 719 g/mol. The maximum Gasteiger partial charge on any atom is 0.160 e. The van der Waals surface area contributed by atoms with Crippen LogP contribution in [0.3, 0.4) is 0 Å². The van der Waals surface area contributed by atoms with E-state index in [1.54, 1.807) is 11.3 Å². The number of hydrogen-bond acceptors (Lipinski definition) is 6. The average molecular weight is 754 g/mol. The van der Waals surface area contributed by atoms with Gasteiger partial charge in [0.2, 0.25) is 0 Å². The molecule has 0 amide bonds. The number of pyridine rings is 1. The van der Waals surface area contributed by atoms with Crippen molar-refractivity contribution in [2.45, 2.75) is 12.7 Å². The minimum absolute atomic E-state index is 0.349. The quantitative estimate of drug-likeness (QED) is 0.118. The van der Waals surface area contributed by atoms with Gasteiger partial charge in [0.25, 0.3) is 0 Å². The molecule has 0 aliphatic rings. The van der Waals surface area contributed by atoms with Gasteiger partial charge in [0.15, 0.2) is 5.82 Å². The van der Waals surface area contributed by atoms with Crippen LogP contribution in [0.1, 0.15) is 23.0 Å². The third-order valence-corrected chi connectivity index (χ3v) is 11.4. The van der Waals surface area contributed by atoms with E-state index in [0.29, 0.717) is 12.4 Å². The lowest BCUT2D eigenvalue weighted by atomic mass is 10.1. The minimum Gasteiger partial charge on any atom is -0.345 e. The molecular formula is C49H35N7S. The Labute approximate surface area is 333 Å². The monoisotopic (exact) mass is 753 g/mol. The molecule has 8 heteroatoms. The predicted octanol–water partition coefficient (Wildman–Crippen LogP) is 11.6. The third-order valence-electron chi connectivity index (χ3n) is 10.3. The van der Waals surface area contributed by atoms with E-state index in [1.165, 1.54) is 15.5 Å². The first-order valence-electron chi connectivity index (χ1n) is 18.8. The smallest absolute Gasteiger partial charge is 0.160 e. The van der Waals surface area contributed by atoms with Gasteiger partial charge >= 0.3 is 0 Å². The van der Waals surface area contributed by atoms with E-state index in [9.17, 15) is 0 Å². The molecule has 0 fully saturated rings. The van der Waals surface area contributed by atoms with Crippen molar-refractivity contribution in [3.05, 3.63) is 193 Å². The standard InChI is InChI=1S/C49H35N7S/c1-50-47(32-15-5-2-6-16-32)55-48(33-17-7-3-8-18-33)52-31-36-27-25-35(30-51-36)44-46-45(40-22-12-14-24-43(40)57-46)54-49(53-44)34-26-28-39-38-21-11-13-23-41(38)56(42(39)29-34)37-19-9-4-10-20-37/h2-30,47H,1,31H2,(H,52,55). The number of thiophene rings is 1. The summed E-state index contributed by atoms with van der Waals surface area (Å²) in [5.41, 5.74) is 9.84. The fourth-order valence-electron chi connectivity index (χ4n) is 7.51. The van der Waals surface area contributed by atoms with Crippen LogP contribution < -0.4 is 5.32 Å². The molecule has 10 aromatic rings. The molecule has 0 spiro atoms. The normalized spacial score (nSPS) is 12.4. The van der Waals surface area contributed by atoms with E-state index in [1.807, 2.05) is 72.9 Å². The molecule has 57 heavy (non-hydrogen) atoms. The summed E-state index contributed by atoms with van der Waals surface area (Å²) in [6, 6.07) is 58.4. The molecule has 1 unspecified atom stereocenters. The van der Waals surface area contributed by atoms with Crippen molar-refractivity contribution in [3.63, 3.8) is 0 Å². The van der Waals surface area contributed by atoms with Crippen LogP contribution in [0.25, 0.3) is 70.4 Å². The van der Waals surface area contributed by atoms with Gasteiger partial charge in [-0.3, -0.25) is 15.0 Å². The summed E-state index contributed by atoms with van der Waals surface area (Å²) in [5.74, 6) is 1.39. The Morgan fingerprint density at radius 2 is 1.35 bits per heavy atom. The fourth-order valence-corrected chi connectivity index (χ4v) is 8.67. The summed E-state index contributed by atoms with van der Waals surface area (Å²) in [6.45, 7) is 4.22. The zero-order chi connectivity index (χ0) is 38.1. The highest BCUT2D eigenvalue weighted by Crippen LogP contribution is 2.40. The minimum atomic E-state index is -0.349. The van der Waals surface area contributed by atoms with Gasteiger partial charge in [-0.1, -0.05) is 127 Å². The number of aliphatic imine (C=N–C) groups is 2. The van der Waals surface area contributed by atoms with Crippen molar-refractivity contribution >= 4 is 66.0 Å². The second kappa shape index (κ2) is 14.7. The van der Waals surface area contributed by atoms with Gasteiger partial charge in [-0.15, -0.1) is 11.3 Å². The van der Waals surface area contributed by atoms with E-state index in [-0.39, 0.29) is 6.17 Å². The third kappa shape index (κ3) is 6.42. The number of aromatic nitrogens is 4. The zero-order valence-electron chi connectivity index (χ0n) is 30.8. The number of fused-ring (bicyclic) bond motifs is 6. The van der Waals surface area contributed by atoms with E-state index in [4.69, 9.17) is 19.9 Å². The number of nitrogens with one attached hydrogen (secondary N) is 1. The number of amidine groups is 1. The summed E-state index contributed by atoms with van der Waals surface area (Å²) in [6.07, 6.45) is 1.56. The van der Waals surface area contributed by atoms with Gasteiger partial charge in [0, 0.05) is 49.4 Å². The highest BCUT2D eigenvalue weighted by Gasteiger charge is 2.19. The first-order valence-corrected chi connectivity index (χ1v) is 19.6. The Bertz CT molecular complexity index is 3080. The SMILES string of the molecule is C=NC(NC(=NCc1ccc(-c2nc(-c3ccc4c5ccccc5n(-c5ccccc5)c4c3)nc3c2sc2ccccc23)cn1)c1ccccc1)c1ccccc1. The Hall–Kier alpha value is -7.29. The second-order valence-electron chi connectivity index (χ2n) is 13.8. The molecule has 0 aliphatic heterocycles. The van der Waals surface area contributed by atoms with Crippen LogP contribution >= 0.6 is 11.3 Å². The van der Waals surface area contributed by atoms with Crippen LogP contribution in [0.2, 0.25) is 0 Å². The number of benzene rings is 6. The van der Waals surface area contributed by atoms with E-state index >= 15 is 0 Å². The van der Waals surface area contributed by atoms with Gasteiger partial charge in [-0.05, 0) is 54.7 Å². The molecule has 1 N–H and O–H groups in total. The largest absolute Gasteiger partial charge is 0.345 e. The lowest BCUT2D eigenvalue weighted by molar-refractivity contribution is 0.686. The summed E-state index contributed by atoms with van der Waals surface area (Å²) < 4.78 is 4.53.